The van der Waals surface area contributed by atoms with E-state index in [0.717, 1.165) is 35.6 Å². The van der Waals surface area contributed by atoms with Crippen LogP contribution in [0.1, 0.15) is 70.9 Å². The second-order valence-electron chi connectivity index (χ2n) is 10.0. The number of hydrazone groups is 1. The van der Waals surface area contributed by atoms with Crippen molar-refractivity contribution in [3.8, 4) is 0 Å². The van der Waals surface area contributed by atoms with Crippen molar-refractivity contribution in [2.24, 2.45) is 39.5 Å². The van der Waals surface area contributed by atoms with Gasteiger partial charge in [-0.15, -0.1) is 0 Å². The minimum Gasteiger partial charge on any atom is -0.323 e. The lowest BCUT2D eigenvalue weighted by Gasteiger charge is -2.57. The Morgan fingerprint density at radius 3 is 2.68 bits per heavy atom. The summed E-state index contributed by atoms with van der Waals surface area (Å²) >= 11 is 0. The highest BCUT2D eigenvalue weighted by Gasteiger charge is 2.57. The number of fused-ring (bicyclic) bond motifs is 5. The van der Waals surface area contributed by atoms with Gasteiger partial charge in [-0.2, -0.15) is 5.10 Å². The van der Waals surface area contributed by atoms with Gasteiger partial charge in [-0.25, -0.2) is 0 Å². The molecule has 5 atom stereocenters. The van der Waals surface area contributed by atoms with Gasteiger partial charge in [0.15, 0.2) is 0 Å². The van der Waals surface area contributed by atoms with Crippen LogP contribution in [-0.2, 0) is 0 Å². The topological polar surface area (TPSA) is 51.3 Å². The van der Waals surface area contributed by atoms with Crippen molar-refractivity contribution in [3.05, 3.63) is 47.3 Å². The summed E-state index contributed by atoms with van der Waals surface area (Å²) in [7, 11) is 0. The van der Waals surface area contributed by atoms with E-state index in [9.17, 15) is 0 Å². The minimum atomic E-state index is 0.367. The van der Waals surface area contributed by atoms with E-state index >= 15 is 0 Å². The number of allylic oxidation sites excluding steroid dienone is 3. The monoisotopic (exact) mass is 375 g/mol. The Labute approximate surface area is 169 Å². The molecule has 1 aromatic rings. The molecule has 3 fully saturated rings. The van der Waals surface area contributed by atoms with Gasteiger partial charge in [0.05, 0.1) is 11.4 Å². The molecule has 2 N–H and O–H groups in total. The van der Waals surface area contributed by atoms with Gasteiger partial charge in [0.25, 0.3) is 0 Å². The summed E-state index contributed by atoms with van der Waals surface area (Å²) in [4.78, 5) is 4.57. The lowest BCUT2D eigenvalue weighted by molar-refractivity contribution is -0.0223. The summed E-state index contributed by atoms with van der Waals surface area (Å²) in [5.41, 5.74) is 6.26. The van der Waals surface area contributed by atoms with Gasteiger partial charge < -0.3 is 5.84 Å². The van der Waals surface area contributed by atoms with E-state index in [-0.39, 0.29) is 0 Å². The molecule has 1 heterocycles. The molecule has 28 heavy (non-hydrogen) atoms. The number of rotatable bonds is 1. The van der Waals surface area contributed by atoms with Crippen LogP contribution in [0.4, 0.5) is 0 Å². The predicted octanol–water partition coefficient (Wildman–Crippen LogP) is 5.74. The third-order valence-electron chi connectivity index (χ3n) is 9.00. The van der Waals surface area contributed by atoms with Gasteiger partial charge >= 0.3 is 0 Å². The van der Waals surface area contributed by atoms with E-state index in [1.54, 1.807) is 11.1 Å². The first-order valence-electron chi connectivity index (χ1n) is 11.1. The van der Waals surface area contributed by atoms with Gasteiger partial charge in [0, 0.05) is 6.20 Å². The van der Waals surface area contributed by atoms with Crippen LogP contribution in [0.2, 0.25) is 0 Å². The summed E-state index contributed by atoms with van der Waals surface area (Å²) in [6.07, 6.45) is 16.8. The lowest BCUT2D eigenvalue weighted by atomic mass is 9.47. The van der Waals surface area contributed by atoms with Gasteiger partial charge in [0.2, 0.25) is 0 Å². The molecule has 3 nitrogen and oxygen atoms in total. The van der Waals surface area contributed by atoms with E-state index in [1.807, 2.05) is 12.3 Å². The molecule has 0 amide bonds. The first-order valence-corrected chi connectivity index (χ1v) is 11.1. The van der Waals surface area contributed by atoms with E-state index in [4.69, 9.17) is 5.84 Å². The van der Waals surface area contributed by atoms with Gasteiger partial charge in [-0.05, 0) is 104 Å². The summed E-state index contributed by atoms with van der Waals surface area (Å²) in [5.74, 6) is 8.14. The van der Waals surface area contributed by atoms with E-state index in [2.05, 4.69) is 48.2 Å². The number of pyridine rings is 1. The second kappa shape index (κ2) is 6.57. The average Bonchev–Trinajstić information content (AvgIpc) is 3.04. The fraction of sp³-hybridized carbons (Fsp3) is 0.600. The van der Waals surface area contributed by atoms with Crippen LogP contribution in [0.25, 0.3) is 6.08 Å². The van der Waals surface area contributed by atoms with Crippen molar-refractivity contribution in [1.29, 1.82) is 0 Å². The Morgan fingerprint density at radius 2 is 1.89 bits per heavy atom. The van der Waals surface area contributed by atoms with Crippen LogP contribution in [0.15, 0.2) is 46.7 Å². The molecule has 1 aromatic heterocycles. The number of nitrogens with two attached hydrogens (primary N) is 1. The van der Waals surface area contributed by atoms with Crippen molar-refractivity contribution in [2.45, 2.75) is 65.2 Å². The number of nitrogens with zero attached hydrogens (tertiary/aromatic N) is 2. The molecular formula is C25H33N3. The van der Waals surface area contributed by atoms with Crippen LogP contribution in [-0.4, -0.2) is 10.7 Å². The Hall–Kier alpha value is -1.90. The molecule has 0 spiro atoms. The highest BCUT2D eigenvalue weighted by atomic mass is 15.1. The molecule has 3 heteroatoms. The highest BCUT2D eigenvalue weighted by Crippen LogP contribution is 2.66. The zero-order chi connectivity index (χ0) is 19.4. The van der Waals surface area contributed by atoms with Crippen molar-refractivity contribution in [2.75, 3.05) is 0 Å². The van der Waals surface area contributed by atoms with E-state index < -0.39 is 0 Å². The molecule has 0 bridgehead atoms. The maximum Gasteiger partial charge on any atom is 0.0629 e. The Kier molecular flexibility index (Phi) is 4.26. The normalized spacial score (nSPS) is 42.6. The molecular weight excluding hydrogens is 342 g/mol. The van der Waals surface area contributed by atoms with Crippen molar-refractivity contribution < 1.29 is 0 Å². The molecule has 5 rings (SSSR count). The summed E-state index contributed by atoms with van der Waals surface area (Å²) in [6.45, 7) is 5.11. The maximum absolute atomic E-state index is 5.60. The minimum absolute atomic E-state index is 0.367. The maximum atomic E-state index is 5.60. The predicted molar refractivity (Wildman–Crippen MR) is 116 cm³/mol. The molecule has 0 aromatic carbocycles. The van der Waals surface area contributed by atoms with Crippen molar-refractivity contribution in [3.63, 3.8) is 0 Å². The summed E-state index contributed by atoms with van der Waals surface area (Å²) < 4.78 is 0. The van der Waals surface area contributed by atoms with Crippen LogP contribution >= 0.6 is 0 Å². The zero-order valence-electron chi connectivity index (χ0n) is 17.3. The van der Waals surface area contributed by atoms with Crippen LogP contribution in [0.3, 0.4) is 0 Å². The summed E-state index contributed by atoms with van der Waals surface area (Å²) in [6, 6.07) is 6.25. The molecule has 4 aliphatic rings. The smallest absolute Gasteiger partial charge is 0.0629 e. The number of hydrogen-bond donors (Lipinski definition) is 1. The fourth-order valence-electron chi connectivity index (χ4n) is 7.40. The first kappa shape index (κ1) is 18.1. The molecule has 0 aliphatic heterocycles. The van der Waals surface area contributed by atoms with Gasteiger partial charge in [-0.3, -0.25) is 4.98 Å². The van der Waals surface area contributed by atoms with Gasteiger partial charge in [0.1, 0.15) is 0 Å². The number of hydrogen-bond acceptors (Lipinski definition) is 3. The quantitative estimate of drug-likeness (QED) is 0.502. The third kappa shape index (κ3) is 2.62. The zero-order valence-corrected chi connectivity index (χ0v) is 17.3. The third-order valence-corrected chi connectivity index (χ3v) is 9.00. The second-order valence-corrected chi connectivity index (χ2v) is 10.0. The summed E-state index contributed by atoms with van der Waals surface area (Å²) in [5, 5.41) is 4.01. The van der Waals surface area contributed by atoms with E-state index in [0.29, 0.717) is 10.8 Å². The molecule has 3 saturated carbocycles. The molecule has 0 saturated heterocycles. The Bertz CT molecular complexity index is 852. The van der Waals surface area contributed by atoms with Gasteiger partial charge in [-0.1, -0.05) is 31.1 Å². The average molecular weight is 376 g/mol. The largest absolute Gasteiger partial charge is 0.323 e. The fourth-order valence-corrected chi connectivity index (χ4v) is 7.40. The van der Waals surface area contributed by atoms with Crippen LogP contribution < -0.4 is 5.84 Å². The Balaban J connectivity index is 1.45. The molecule has 148 valence electrons. The van der Waals surface area contributed by atoms with Crippen molar-refractivity contribution >= 4 is 11.8 Å². The Morgan fingerprint density at radius 1 is 1.04 bits per heavy atom. The standard InChI is InChI=1S/C25H33N3/c1-24-12-10-20(28-26)16-17(24)6-8-21-22-9-7-18(15-19-5-3-4-14-27-19)25(22,2)13-11-23(21)24/h3-5,14-16,21-23H,6-13,26H2,1-2H3/b18-15+,28-20+/t21-,22-,23-,24-,25+/m0/s1. The molecule has 4 aliphatic carbocycles. The SMILES string of the molecule is C[C@]12CC/C(=N\N)C=C1CC[C@@H]1[C@@H]2CC[C@]2(C)/C(=C/c3ccccn3)CC[C@@H]12. The van der Waals surface area contributed by atoms with Crippen LogP contribution in [0, 0.1) is 28.6 Å². The lowest BCUT2D eigenvalue weighted by Crippen LogP contribution is -2.49. The van der Waals surface area contributed by atoms with E-state index in [1.165, 1.54) is 44.9 Å². The van der Waals surface area contributed by atoms with Crippen molar-refractivity contribution in [1.82, 2.24) is 4.98 Å². The highest BCUT2D eigenvalue weighted by molar-refractivity contribution is 5.96. The molecule has 0 unspecified atom stereocenters. The first-order chi connectivity index (χ1) is 13.5. The van der Waals surface area contributed by atoms with Crippen LogP contribution in [0.5, 0.6) is 0 Å². The number of aromatic nitrogens is 1. The molecule has 0 radical (unpaired) electrons.